The van der Waals surface area contributed by atoms with Crippen molar-refractivity contribution in [3.05, 3.63) is 47.8 Å². The minimum Gasteiger partial charge on any atom is -0.352 e. The maximum absolute atomic E-state index is 13.4. The van der Waals surface area contributed by atoms with Crippen molar-refractivity contribution >= 4 is 34.2 Å². The van der Waals surface area contributed by atoms with E-state index in [1.165, 1.54) is 12.1 Å². The van der Waals surface area contributed by atoms with Crippen molar-refractivity contribution in [2.45, 2.75) is 37.8 Å². The molecule has 2 aromatic rings. The van der Waals surface area contributed by atoms with Gasteiger partial charge in [-0.3, -0.25) is 9.59 Å². The molecular formula is C20H22ClFN2O2. The van der Waals surface area contributed by atoms with Crippen molar-refractivity contribution in [3.8, 4) is 0 Å². The van der Waals surface area contributed by atoms with Crippen LogP contribution in [0.25, 0.3) is 10.8 Å². The molecule has 2 aromatic carbocycles. The fourth-order valence-corrected chi connectivity index (χ4v) is 3.75. The van der Waals surface area contributed by atoms with E-state index in [2.05, 4.69) is 5.32 Å². The van der Waals surface area contributed by atoms with Crippen molar-refractivity contribution in [2.24, 2.45) is 0 Å². The second-order valence-electron chi connectivity index (χ2n) is 6.79. The van der Waals surface area contributed by atoms with Crippen LogP contribution in [0.15, 0.2) is 36.4 Å². The smallest absolute Gasteiger partial charge is 0.254 e. The van der Waals surface area contributed by atoms with Crippen molar-refractivity contribution < 1.29 is 14.0 Å². The van der Waals surface area contributed by atoms with Gasteiger partial charge in [-0.15, -0.1) is 11.6 Å². The molecule has 1 fully saturated rings. The van der Waals surface area contributed by atoms with Crippen molar-refractivity contribution in [1.29, 1.82) is 0 Å². The maximum Gasteiger partial charge on any atom is 0.254 e. The summed E-state index contributed by atoms with van der Waals surface area (Å²) in [6, 6.07) is 10.1. The van der Waals surface area contributed by atoms with E-state index in [1.54, 1.807) is 29.2 Å². The number of carbonyl (C=O) groups excluding carboxylic acids is 2. The molecule has 138 valence electrons. The highest BCUT2D eigenvalue weighted by Gasteiger charge is 2.28. The van der Waals surface area contributed by atoms with Crippen LogP contribution in [0, 0.1) is 5.82 Å². The normalized spacial score (nSPS) is 20.0. The largest absolute Gasteiger partial charge is 0.352 e. The van der Waals surface area contributed by atoms with Crippen LogP contribution < -0.4 is 5.32 Å². The van der Waals surface area contributed by atoms with Crippen LogP contribution in [0.5, 0.6) is 0 Å². The maximum atomic E-state index is 13.4. The number of fused-ring (bicyclic) bond motifs is 1. The molecule has 0 aliphatic heterocycles. The van der Waals surface area contributed by atoms with Crippen LogP contribution in [-0.2, 0) is 4.79 Å². The highest BCUT2D eigenvalue weighted by atomic mass is 35.5. The molecule has 0 saturated heterocycles. The van der Waals surface area contributed by atoms with E-state index in [0.29, 0.717) is 5.56 Å². The molecule has 26 heavy (non-hydrogen) atoms. The Kier molecular flexibility index (Phi) is 5.77. The quantitative estimate of drug-likeness (QED) is 0.827. The molecule has 0 unspecified atom stereocenters. The van der Waals surface area contributed by atoms with Gasteiger partial charge in [0.25, 0.3) is 5.91 Å². The van der Waals surface area contributed by atoms with Gasteiger partial charge in [0.1, 0.15) is 11.7 Å². The number of nitrogens with zero attached hydrogens (tertiary/aromatic N) is 1. The monoisotopic (exact) mass is 376 g/mol. The zero-order valence-corrected chi connectivity index (χ0v) is 15.4. The van der Waals surface area contributed by atoms with E-state index in [4.69, 9.17) is 11.6 Å². The summed E-state index contributed by atoms with van der Waals surface area (Å²) in [5.74, 6) is -0.550. The molecule has 0 heterocycles. The number of nitrogens with one attached hydrogen (secondary N) is 1. The number of alkyl halides is 1. The Hall–Kier alpha value is -2.14. The first-order valence-corrected chi connectivity index (χ1v) is 9.34. The Morgan fingerprint density at radius 2 is 1.92 bits per heavy atom. The molecule has 1 saturated carbocycles. The lowest BCUT2D eigenvalue weighted by Crippen LogP contribution is -2.44. The van der Waals surface area contributed by atoms with Gasteiger partial charge in [0, 0.05) is 24.7 Å². The number of benzene rings is 2. The van der Waals surface area contributed by atoms with Gasteiger partial charge in [-0.2, -0.15) is 0 Å². The predicted octanol–water partition coefficient (Wildman–Crippen LogP) is 3.72. The van der Waals surface area contributed by atoms with Crippen LogP contribution in [0.3, 0.4) is 0 Å². The first kappa shape index (κ1) is 18.6. The lowest BCUT2D eigenvalue weighted by atomic mass is 9.90. The van der Waals surface area contributed by atoms with Gasteiger partial charge in [-0.05, 0) is 54.7 Å². The number of hydrogen-bond acceptors (Lipinski definition) is 2. The number of halogens is 2. The second kappa shape index (κ2) is 8.04. The zero-order chi connectivity index (χ0) is 18.7. The Morgan fingerprint density at radius 1 is 1.19 bits per heavy atom. The summed E-state index contributed by atoms with van der Waals surface area (Å²) in [4.78, 5) is 26.2. The van der Waals surface area contributed by atoms with Crippen molar-refractivity contribution in [3.63, 3.8) is 0 Å². The van der Waals surface area contributed by atoms with Crippen LogP contribution in [0.1, 0.15) is 36.0 Å². The van der Waals surface area contributed by atoms with Gasteiger partial charge in [0.2, 0.25) is 5.91 Å². The fourth-order valence-electron chi connectivity index (χ4n) is 3.67. The van der Waals surface area contributed by atoms with E-state index in [0.717, 1.165) is 36.5 Å². The van der Waals surface area contributed by atoms with Crippen molar-refractivity contribution in [1.82, 2.24) is 10.2 Å². The van der Waals surface area contributed by atoms with E-state index in [9.17, 15) is 14.0 Å². The highest BCUT2D eigenvalue weighted by molar-refractivity contribution is 6.27. The van der Waals surface area contributed by atoms with E-state index in [-0.39, 0.29) is 35.6 Å². The Morgan fingerprint density at radius 3 is 2.62 bits per heavy atom. The van der Waals surface area contributed by atoms with Gasteiger partial charge in [-0.25, -0.2) is 4.39 Å². The Balaban J connectivity index is 1.70. The number of hydrogen-bond donors (Lipinski definition) is 1. The summed E-state index contributed by atoms with van der Waals surface area (Å²) in [5.41, 5.74) is 0.586. The first-order chi connectivity index (χ1) is 12.5. The minimum absolute atomic E-state index is 0.0278. The molecule has 6 heteroatoms. The topological polar surface area (TPSA) is 49.4 Å². The molecule has 1 N–H and O–H groups in total. The molecule has 1 aliphatic rings. The number of amides is 2. The first-order valence-electron chi connectivity index (χ1n) is 8.80. The van der Waals surface area contributed by atoms with Crippen LogP contribution in [-0.4, -0.2) is 41.7 Å². The molecule has 1 aliphatic carbocycles. The molecule has 0 aromatic heterocycles. The van der Waals surface area contributed by atoms with Crippen LogP contribution in [0.4, 0.5) is 4.39 Å². The molecule has 3 rings (SSSR count). The summed E-state index contributed by atoms with van der Waals surface area (Å²) in [7, 11) is 1.81. The molecule has 0 bridgehead atoms. The van der Waals surface area contributed by atoms with E-state index >= 15 is 0 Å². The van der Waals surface area contributed by atoms with Gasteiger partial charge in [0.15, 0.2) is 0 Å². The summed E-state index contributed by atoms with van der Waals surface area (Å²) < 4.78 is 13.4. The average molecular weight is 377 g/mol. The number of carbonyl (C=O) groups is 2. The fraction of sp³-hybridized carbons (Fsp3) is 0.400. The summed E-state index contributed by atoms with van der Waals surface area (Å²) in [5, 5.41) is 4.39. The Bertz CT molecular complexity index is 819. The zero-order valence-electron chi connectivity index (χ0n) is 14.7. The average Bonchev–Trinajstić information content (AvgIpc) is 2.66. The van der Waals surface area contributed by atoms with Gasteiger partial charge < -0.3 is 10.2 Å². The molecule has 0 spiro atoms. The van der Waals surface area contributed by atoms with Crippen LogP contribution in [0.2, 0.25) is 0 Å². The Labute approximate surface area is 157 Å². The van der Waals surface area contributed by atoms with E-state index in [1.807, 2.05) is 7.05 Å². The molecular weight excluding hydrogens is 355 g/mol. The lowest BCUT2D eigenvalue weighted by molar-refractivity contribution is -0.119. The predicted molar refractivity (Wildman–Crippen MR) is 101 cm³/mol. The summed E-state index contributed by atoms with van der Waals surface area (Å²) in [6.45, 7) is 0. The summed E-state index contributed by atoms with van der Waals surface area (Å²) >= 11 is 5.53. The molecule has 0 radical (unpaired) electrons. The third-order valence-corrected chi connectivity index (χ3v) is 5.37. The lowest BCUT2D eigenvalue weighted by Gasteiger charge is -2.35. The van der Waals surface area contributed by atoms with Gasteiger partial charge >= 0.3 is 0 Å². The summed E-state index contributed by atoms with van der Waals surface area (Å²) in [6.07, 6.45) is 3.31. The molecule has 0 atom stereocenters. The van der Waals surface area contributed by atoms with Crippen LogP contribution >= 0.6 is 11.6 Å². The molecule has 2 amide bonds. The minimum atomic E-state index is -0.312. The SMILES string of the molecule is CN(C(=O)c1cccc2cc(F)ccc12)C1CCC(NC(=O)CCl)CC1. The van der Waals surface area contributed by atoms with E-state index < -0.39 is 0 Å². The third-order valence-electron chi connectivity index (χ3n) is 5.12. The standard InChI is InChI=1S/C20H22ClFN2O2/c1-24(16-8-6-15(7-9-16)23-19(25)12-21)20(26)18-4-2-3-13-11-14(22)5-10-17(13)18/h2-5,10-11,15-16H,6-9,12H2,1H3,(H,23,25). The van der Waals surface area contributed by atoms with Gasteiger partial charge in [0.05, 0.1) is 0 Å². The molecule has 4 nitrogen and oxygen atoms in total. The van der Waals surface area contributed by atoms with Crippen molar-refractivity contribution in [2.75, 3.05) is 12.9 Å². The van der Waals surface area contributed by atoms with Gasteiger partial charge in [-0.1, -0.05) is 18.2 Å². The highest BCUT2D eigenvalue weighted by Crippen LogP contribution is 2.26. The number of rotatable bonds is 4. The third kappa shape index (κ3) is 3.98. The second-order valence-corrected chi connectivity index (χ2v) is 7.06.